The van der Waals surface area contributed by atoms with E-state index in [1.54, 1.807) is 7.11 Å². The first-order chi connectivity index (χ1) is 13.6. The molecule has 0 saturated carbocycles. The number of fused-ring (bicyclic) bond motifs is 3. The summed E-state index contributed by atoms with van der Waals surface area (Å²) in [5.41, 5.74) is 4.28. The van der Waals surface area contributed by atoms with Crippen molar-refractivity contribution in [3.05, 3.63) is 65.4 Å². The standard InChI is InChI=1S/C21H20N2O3S2/c1-26-14-8-6-13(7-9-14)12-28-21(27)23-11-18-16(10-19(23)20(24)25)15-4-2-3-5-17(15)22-18/h2-9,19,22H,10-12H2,1H3,(H,24,25). The summed E-state index contributed by atoms with van der Waals surface area (Å²) < 4.78 is 5.78. The lowest BCUT2D eigenvalue weighted by molar-refractivity contribution is -0.142. The van der Waals surface area contributed by atoms with E-state index in [2.05, 4.69) is 4.98 Å². The molecule has 3 aromatic rings. The molecule has 0 saturated heterocycles. The number of hydrogen-bond donors (Lipinski definition) is 2. The Hall–Kier alpha value is -2.51. The van der Waals surface area contributed by atoms with Gasteiger partial charge in [-0.15, -0.1) is 0 Å². The van der Waals surface area contributed by atoms with Gasteiger partial charge in [0.15, 0.2) is 0 Å². The Morgan fingerprint density at radius 3 is 2.75 bits per heavy atom. The maximum atomic E-state index is 11.9. The van der Waals surface area contributed by atoms with Crippen molar-refractivity contribution in [3.8, 4) is 5.75 Å². The molecule has 0 amide bonds. The average molecular weight is 413 g/mol. The topological polar surface area (TPSA) is 65.6 Å². The normalized spacial score (nSPS) is 16.0. The van der Waals surface area contributed by atoms with E-state index < -0.39 is 12.0 Å². The van der Waals surface area contributed by atoms with Crippen molar-refractivity contribution >= 4 is 45.2 Å². The van der Waals surface area contributed by atoms with E-state index in [4.69, 9.17) is 17.0 Å². The van der Waals surface area contributed by atoms with Gasteiger partial charge < -0.3 is 19.7 Å². The number of nitrogens with one attached hydrogen (secondary N) is 1. The number of aliphatic carboxylic acids is 1. The highest BCUT2D eigenvalue weighted by molar-refractivity contribution is 8.22. The summed E-state index contributed by atoms with van der Waals surface area (Å²) in [5.74, 6) is 0.651. The second kappa shape index (κ2) is 7.85. The van der Waals surface area contributed by atoms with Crippen LogP contribution in [-0.4, -0.2) is 38.4 Å². The Kier molecular flexibility index (Phi) is 5.28. The molecule has 7 heteroatoms. The molecule has 0 radical (unpaired) electrons. The Bertz CT molecular complexity index is 1030. The third-order valence-electron chi connectivity index (χ3n) is 5.05. The predicted molar refractivity (Wildman–Crippen MR) is 116 cm³/mol. The maximum Gasteiger partial charge on any atom is 0.326 e. The van der Waals surface area contributed by atoms with Crippen LogP contribution in [0.3, 0.4) is 0 Å². The maximum absolute atomic E-state index is 11.9. The zero-order valence-electron chi connectivity index (χ0n) is 15.3. The number of aromatic nitrogens is 1. The zero-order chi connectivity index (χ0) is 19.7. The lowest BCUT2D eigenvalue weighted by atomic mass is 9.97. The molecule has 28 heavy (non-hydrogen) atoms. The number of carboxylic acid groups (broad SMARTS) is 1. The highest BCUT2D eigenvalue weighted by Crippen LogP contribution is 2.32. The minimum Gasteiger partial charge on any atom is -0.497 e. The number of rotatable bonds is 4. The number of aromatic amines is 1. The van der Waals surface area contributed by atoms with E-state index >= 15 is 0 Å². The van der Waals surface area contributed by atoms with Gasteiger partial charge in [0.25, 0.3) is 0 Å². The number of para-hydroxylation sites is 1. The van der Waals surface area contributed by atoms with Crippen molar-refractivity contribution in [2.24, 2.45) is 0 Å². The highest BCUT2D eigenvalue weighted by atomic mass is 32.2. The smallest absolute Gasteiger partial charge is 0.326 e. The van der Waals surface area contributed by atoms with Crippen molar-refractivity contribution < 1.29 is 14.6 Å². The summed E-state index contributed by atoms with van der Waals surface area (Å²) in [6.45, 7) is 0.482. The molecule has 1 atom stereocenters. The minimum atomic E-state index is -0.844. The SMILES string of the molecule is COc1ccc(CSC(=S)N2Cc3[nH]c4ccccc4c3CC2C(=O)O)cc1. The van der Waals surface area contributed by atoms with Gasteiger partial charge in [-0.05, 0) is 29.3 Å². The summed E-state index contributed by atoms with van der Waals surface area (Å²) in [7, 11) is 1.64. The third-order valence-corrected chi connectivity index (χ3v) is 6.59. The van der Waals surface area contributed by atoms with E-state index in [9.17, 15) is 9.90 Å². The quantitative estimate of drug-likeness (QED) is 0.626. The molecule has 0 bridgehead atoms. The van der Waals surface area contributed by atoms with Crippen molar-refractivity contribution in [2.45, 2.75) is 24.8 Å². The fourth-order valence-corrected chi connectivity index (χ4v) is 4.78. The van der Waals surface area contributed by atoms with Gasteiger partial charge in [-0.2, -0.15) is 0 Å². The van der Waals surface area contributed by atoms with Crippen LogP contribution in [0.4, 0.5) is 0 Å². The fraction of sp³-hybridized carbons (Fsp3) is 0.238. The van der Waals surface area contributed by atoms with Gasteiger partial charge >= 0.3 is 5.97 Å². The number of nitrogens with zero attached hydrogens (tertiary/aromatic N) is 1. The lowest BCUT2D eigenvalue weighted by Crippen LogP contribution is -2.47. The second-order valence-electron chi connectivity index (χ2n) is 6.72. The number of hydrogen-bond acceptors (Lipinski definition) is 4. The first-order valence-electron chi connectivity index (χ1n) is 8.94. The Labute approximate surface area is 172 Å². The summed E-state index contributed by atoms with van der Waals surface area (Å²) in [6, 6.07) is 15.2. The van der Waals surface area contributed by atoms with Crippen LogP contribution in [0.2, 0.25) is 0 Å². The van der Waals surface area contributed by atoms with E-state index in [-0.39, 0.29) is 0 Å². The number of carbonyl (C=O) groups is 1. The van der Waals surface area contributed by atoms with E-state index in [0.717, 1.165) is 33.5 Å². The zero-order valence-corrected chi connectivity index (χ0v) is 17.0. The third kappa shape index (κ3) is 3.59. The fourth-order valence-electron chi connectivity index (χ4n) is 3.57. The molecule has 4 rings (SSSR count). The summed E-state index contributed by atoms with van der Waals surface area (Å²) in [4.78, 5) is 17.2. The van der Waals surface area contributed by atoms with E-state index in [1.165, 1.54) is 11.8 Å². The van der Waals surface area contributed by atoms with Gasteiger partial charge in [0.05, 0.1) is 13.7 Å². The highest BCUT2D eigenvalue weighted by Gasteiger charge is 2.34. The number of benzene rings is 2. The molecule has 0 spiro atoms. The molecule has 0 aliphatic carbocycles. The molecule has 0 fully saturated rings. The monoisotopic (exact) mass is 412 g/mol. The van der Waals surface area contributed by atoms with Gasteiger partial charge in [0.1, 0.15) is 16.1 Å². The largest absolute Gasteiger partial charge is 0.497 e. The molecule has 1 aliphatic rings. The number of H-pyrrole nitrogens is 1. The van der Waals surface area contributed by atoms with Crippen LogP contribution in [0, 0.1) is 0 Å². The van der Waals surface area contributed by atoms with Crippen molar-refractivity contribution in [3.63, 3.8) is 0 Å². The van der Waals surface area contributed by atoms with Gasteiger partial charge in [-0.1, -0.05) is 54.3 Å². The van der Waals surface area contributed by atoms with Crippen molar-refractivity contribution in [2.75, 3.05) is 7.11 Å². The Morgan fingerprint density at radius 1 is 1.29 bits per heavy atom. The molecule has 144 valence electrons. The lowest BCUT2D eigenvalue weighted by Gasteiger charge is -2.34. The summed E-state index contributed by atoms with van der Waals surface area (Å²) >= 11 is 7.11. The average Bonchev–Trinajstić information content (AvgIpc) is 3.09. The van der Waals surface area contributed by atoms with Crippen molar-refractivity contribution in [1.82, 2.24) is 9.88 Å². The van der Waals surface area contributed by atoms with Crippen molar-refractivity contribution in [1.29, 1.82) is 0 Å². The van der Waals surface area contributed by atoms with Crippen LogP contribution >= 0.6 is 24.0 Å². The van der Waals surface area contributed by atoms with Gasteiger partial charge in [-0.25, -0.2) is 4.79 Å². The van der Waals surface area contributed by atoms with E-state index in [1.807, 2.05) is 53.4 Å². The molecular weight excluding hydrogens is 392 g/mol. The summed E-state index contributed by atoms with van der Waals surface area (Å²) in [5, 5.41) is 10.9. The Morgan fingerprint density at radius 2 is 2.04 bits per heavy atom. The van der Waals surface area contributed by atoms with Crippen LogP contribution in [-0.2, 0) is 23.5 Å². The molecule has 1 aliphatic heterocycles. The molecule has 1 aromatic heterocycles. The number of thioether (sulfide) groups is 1. The Balaban J connectivity index is 1.53. The predicted octanol–water partition coefficient (Wildman–Crippen LogP) is 4.21. The number of ether oxygens (including phenoxy) is 1. The van der Waals surface area contributed by atoms with Crippen LogP contribution < -0.4 is 4.74 Å². The van der Waals surface area contributed by atoms with Crippen LogP contribution in [0.1, 0.15) is 16.8 Å². The summed E-state index contributed by atoms with van der Waals surface area (Å²) in [6.07, 6.45) is 0.442. The van der Waals surface area contributed by atoms with Gasteiger partial charge in [0.2, 0.25) is 0 Å². The van der Waals surface area contributed by atoms with Crippen LogP contribution in [0.25, 0.3) is 10.9 Å². The molecule has 5 nitrogen and oxygen atoms in total. The molecule has 2 aromatic carbocycles. The van der Waals surface area contributed by atoms with Crippen LogP contribution in [0.15, 0.2) is 48.5 Å². The van der Waals surface area contributed by atoms with Gasteiger partial charge in [-0.3, -0.25) is 0 Å². The molecular formula is C21H20N2O3S2. The number of thiocarbonyl (C=S) groups is 1. The van der Waals surface area contributed by atoms with Gasteiger partial charge in [0, 0.05) is 28.8 Å². The van der Waals surface area contributed by atoms with E-state index in [0.29, 0.717) is 23.0 Å². The minimum absolute atomic E-state index is 0.442. The first kappa shape index (κ1) is 18.8. The second-order valence-corrected chi connectivity index (χ2v) is 8.33. The molecule has 2 N–H and O–H groups in total. The number of carboxylic acids is 1. The molecule has 2 heterocycles. The first-order valence-corrected chi connectivity index (χ1v) is 10.3. The molecule has 1 unspecified atom stereocenters. The van der Waals surface area contributed by atoms with Crippen LogP contribution in [0.5, 0.6) is 5.75 Å². The number of methoxy groups -OCH3 is 1.